The molecule has 0 aliphatic heterocycles. The summed E-state index contributed by atoms with van der Waals surface area (Å²) < 4.78 is 6.66. The molecule has 0 atom stereocenters. The zero-order valence-electron chi connectivity index (χ0n) is 32.7. The molecule has 0 radical (unpaired) electrons. The fourth-order valence-electron chi connectivity index (χ4n) is 9.49. The van der Waals surface area contributed by atoms with Crippen molar-refractivity contribution in [2.75, 3.05) is 4.90 Å². The van der Waals surface area contributed by atoms with Gasteiger partial charge in [0.15, 0.2) is 0 Å². The second-order valence-electron chi connectivity index (χ2n) is 15.6. The summed E-state index contributed by atoms with van der Waals surface area (Å²) in [4.78, 5) is 2.45. The maximum Gasteiger partial charge on any atom is 0.136 e. The standard InChI is InChI=1S/C58H37NO/c1-2-15-38(16-3-1)39-29-31-43(32-30-39)59(44-20-14-19-40(35-44)52-36-41-17-4-6-21-45(41)47-23-8-10-25-49(47)52)54-33-34-56-58(51-27-12-13-28-55(51)60-56)57(54)53-37-42-18-5-7-22-46(42)48-24-9-11-26-50(48)53/h1-37H. The van der Waals surface area contributed by atoms with Gasteiger partial charge in [0.25, 0.3) is 0 Å². The molecule has 0 aliphatic rings. The molecule has 0 unspecified atom stereocenters. The third kappa shape index (κ3) is 5.50. The van der Waals surface area contributed by atoms with Crippen LogP contribution in [0.4, 0.5) is 17.1 Å². The molecule has 1 heterocycles. The predicted molar refractivity (Wildman–Crippen MR) is 255 cm³/mol. The van der Waals surface area contributed by atoms with Crippen LogP contribution >= 0.6 is 0 Å². The van der Waals surface area contributed by atoms with Gasteiger partial charge in [0, 0.05) is 27.7 Å². The zero-order chi connectivity index (χ0) is 39.6. The van der Waals surface area contributed by atoms with Crippen molar-refractivity contribution in [1.82, 2.24) is 0 Å². The Kier molecular flexibility index (Phi) is 7.89. The number of furan rings is 1. The molecule has 0 amide bonds. The van der Waals surface area contributed by atoms with E-state index in [9.17, 15) is 0 Å². The van der Waals surface area contributed by atoms with Gasteiger partial charge < -0.3 is 9.32 Å². The molecule has 60 heavy (non-hydrogen) atoms. The maximum atomic E-state index is 6.66. The molecule has 0 fully saturated rings. The SMILES string of the molecule is c1ccc(-c2ccc(N(c3cccc(-c4cc5ccccc5c5ccccc45)c3)c3ccc4oc5ccccc5c4c3-c3cc4ccccc4c4ccccc34)cc2)cc1. The first kappa shape index (κ1) is 34.1. The molecule has 12 aromatic rings. The van der Waals surface area contributed by atoms with Gasteiger partial charge in [0.05, 0.1) is 5.69 Å². The molecule has 1 aromatic heterocycles. The third-order valence-electron chi connectivity index (χ3n) is 12.2. The van der Waals surface area contributed by atoms with Crippen LogP contribution in [0, 0.1) is 0 Å². The molecule has 0 saturated heterocycles. The topological polar surface area (TPSA) is 16.4 Å². The molecular formula is C58H37NO. The highest BCUT2D eigenvalue weighted by Crippen LogP contribution is 2.50. The second-order valence-corrected chi connectivity index (χ2v) is 15.6. The number of benzene rings is 11. The first-order valence-corrected chi connectivity index (χ1v) is 20.6. The largest absolute Gasteiger partial charge is 0.456 e. The van der Waals surface area contributed by atoms with Crippen LogP contribution < -0.4 is 4.90 Å². The summed E-state index contributed by atoms with van der Waals surface area (Å²) in [5.74, 6) is 0. The van der Waals surface area contributed by atoms with E-state index in [-0.39, 0.29) is 0 Å². The smallest absolute Gasteiger partial charge is 0.136 e. The molecule has 11 aromatic carbocycles. The lowest BCUT2D eigenvalue weighted by molar-refractivity contribution is 0.669. The maximum absolute atomic E-state index is 6.66. The van der Waals surface area contributed by atoms with Crippen LogP contribution in [0.2, 0.25) is 0 Å². The number of hydrogen-bond donors (Lipinski definition) is 0. The highest BCUT2D eigenvalue weighted by atomic mass is 16.3. The Morgan fingerprint density at radius 2 is 0.833 bits per heavy atom. The van der Waals surface area contributed by atoms with E-state index >= 15 is 0 Å². The summed E-state index contributed by atoms with van der Waals surface area (Å²) in [5.41, 5.74) is 12.0. The van der Waals surface area contributed by atoms with Crippen LogP contribution in [-0.2, 0) is 0 Å². The van der Waals surface area contributed by atoms with Crippen LogP contribution in [-0.4, -0.2) is 0 Å². The van der Waals surface area contributed by atoms with E-state index in [0.29, 0.717) is 0 Å². The van der Waals surface area contributed by atoms with Crippen molar-refractivity contribution < 1.29 is 4.42 Å². The van der Waals surface area contributed by atoms with Crippen molar-refractivity contribution in [3.05, 3.63) is 224 Å². The van der Waals surface area contributed by atoms with Crippen molar-refractivity contribution in [1.29, 1.82) is 0 Å². The Labute approximate surface area is 347 Å². The van der Waals surface area contributed by atoms with E-state index in [1.54, 1.807) is 0 Å². The fourth-order valence-corrected chi connectivity index (χ4v) is 9.49. The van der Waals surface area contributed by atoms with E-state index in [2.05, 4.69) is 229 Å². The first-order chi connectivity index (χ1) is 29.8. The van der Waals surface area contributed by atoms with Crippen molar-refractivity contribution in [3.8, 4) is 33.4 Å². The molecular weight excluding hydrogens is 727 g/mol. The van der Waals surface area contributed by atoms with Gasteiger partial charge in [-0.3, -0.25) is 0 Å². The van der Waals surface area contributed by atoms with E-state index < -0.39 is 0 Å². The lowest BCUT2D eigenvalue weighted by Crippen LogP contribution is -2.11. The van der Waals surface area contributed by atoms with Crippen LogP contribution in [0.3, 0.4) is 0 Å². The average molecular weight is 764 g/mol. The summed E-state index contributed by atoms with van der Waals surface area (Å²) in [7, 11) is 0. The number of anilines is 3. The Bertz CT molecular complexity index is 3600. The quantitative estimate of drug-likeness (QED) is 0.157. The molecule has 280 valence electrons. The van der Waals surface area contributed by atoms with E-state index in [1.807, 2.05) is 0 Å². The van der Waals surface area contributed by atoms with Gasteiger partial charge in [0.1, 0.15) is 11.2 Å². The van der Waals surface area contributed by atoms with Crippen LogP contribution in [0.25, 0.3) is 98.4 Å². The van der Waals surface area contributed by atoms with E-state index in [4.69, 9.17) is 4.42 Å². The number of para-hydroxylation sites is 1. The highest BCUT2D eigenvalue weighted by Gasteiger charge is 2.25. The normalized spacial score (nSPS) is 11.7. The molecule has 0 saturated carbocycles. The minimum Gasteiger partial charge on any atom is -0.456 e. The van der Waals surface area contributed by atoms with Gasteiger partial charge in [-0.15, -0.1) is 0 Å². The van der Waals surface area contributed by atoms with Gasteiger partial charge in [-0.1, -0.05) is 170 Å². The second kappa shape index (κ2) is 13.9. The minimum absolute atomic E-state index is 0.864. The minimum atomic E-state index is 0.864. The Morgan fingerprint density at radius 1 is 0.300 bits per heavy atom. The fraction of sp³-hybridized carbons (Fsp3) is 0. The number of nitrogens with zero attached hydrogens (tertiary/aromatic N) is 1. The Balaban J connectivity index is 1.17. The monoisotopic (exact) mass is 763 g/mol. The number of hydrogen-bond acceptors (Lipinski definition) is 2. The Morgan fingerprint density at radius 3 is 1.53 bits per heavy atom. The average Bonchev–Trinajstić information content (AvgIpc) is 3.71. The molecule has 0 N–H and O–H groups in total. The third-order valence-corrected chi connectivity index (χ3v) is 12.2. The molecule has 2 nitrogen and oxygen atoms in total. The lowest BCUT2D eigenvalue weighted by atomic mass is 9.89. The summed E-state index contributed by atoms with van der Waals surface area (Å²) in [6.45, 7) is 0. The van der Waals surface area contributed by atoms with Gasteiger partial charge >= 0.3 is 0 Å². The van der Waals surface area contributed by atoms with Crippen LogP contribution in [0.15, 0.2) is 229 Å². The molecule has 0 aliphatic carbocycles. The van der Waals surface area contributed by atoms with Crippen molar-refractivity contribution in [2.24, 2.45) is 0 Å². The lowest BCUT2D eigenvalue weighted by Gasteiger charge is -2.29. The highest BCUT2D eigenvalue weighted by molar-refractivity contribution is 6.23. The van der Waals surface area contributed by atoms with Crippen molar-refractivity contribution in [2.45, 2.75) is 0 Å². The summed E-state index contributed by atoms with van der Waals surface area (Å²) in [6.07, 6.45) is 0. The Hall–Kier alpha value is -7.94. The predicted octanol–water partition coefficient (Wildman–Crippen LogP) is 16.7. The first-order valence-electron chi connectivity index (χ1n) is 20.6. The van der Waals surface area contributed by atoms with Gasteiger partial charge in [-0.05, 0) is 126 Å². The summed E-state index contributed by atoms with van der Waals surface area (Å²) in [5, 5.41) is 12.1. The van der Waals surface area contributed by atoms with Gasteiger partial charge in [0.2, 0.25) is 0 Å². The summed E-state index contributed by atoms with van der Waals surface area (Å²) in [6, 6.07) is 81.4. The van der Waals surface area contributed by atoms with Crippen molar-refractivity contribution >= 4 is 82.1 Å². The number of rotatable bonds is 6. The number of fused-ring (bicyclic) bond motifs is 9. The molecule has 2 heteroatoms. The zero-order valence-corrected chi connectivity index (χ0v) is 32.7. The van der Waals surface area contributed by atoms with Crippen molar-refractivity contribution in [3.63, 3.8) is 0 Å². The molecule has 0 spiro atoms. The van der Waals surface area contributed by atoms with E-state index in [1.165, 1.54) is 65.3 Å². The molecule has 0 bridgehead atoms. The van der Waals surface area contributed by atoms with Gasteiger partial charge in [-0.25, -0.2) is 0 Å². The van der Waals surface area contributed by atoms with E-state index in [0.717, 1.165) is 50.1 Å². The summed E-state index contributed by atoms with van der Waals surface area (Å²) >= 11 is 0. The van der Waals surface area contributed by atoms with Gasteiger partial charge in [-0.2, -0.15) is 0 Å². The van der Waals surface area contributed by atoms with Crippen LogP contribution in [0.5, 0.6) is 0 Å². The molecule has 12 rings (SSSR count). The van der Waals surface area contributed by atoms with Crippen LogP contribution in [0.1, 0.15) is 0 Å².